The predicted molar refractivity (Wildman–Crippen MR) is 105 cm³/mol. The van der Waals surface area contributed by atoms with E-state index in [1.807, 2.05) is 4.90 Å². The standard InChI is InChI=1S/C21H23F2N3O3/c1-15(27)16-5-6-20(19(23)13-16)25-8-10-26(11-9-25)21(28)24-7-12-29-18-4-2-3-17(22)14-18/h2-6,13-14H,7-12H2,1H3,(H,24,28). The minimum absolute atomic E-state index is 0.182. The first-order valence-corrected chi connectivity index (χ1v) is 9.40. The third-order valence-corrected chi connectivity index (χ3v) is 4.70. The van der Waals surface area contributed by atoms with Gasteiger partial charge in [0.15, 0.2) is 5.78 Å². The maximum absolute atomic E-state index is 14.3. The van der Waals surface area contributed by atoms with Gasteiger partial charge in [0.25, 0.3) is 0 Å². The molecule has 1 heterocycles. The third kappa shape index (κ3) is 5.43. The van der Waals surface area contributed by atoms with Crippen molar-refractivity contribution in [3.8, 4) is 5.75 Å². The van der Waals surface area contributed by atoms with Crippen LogP contribution < -0.4 is 15.0 Å². The Hall–Kier alpha value is -3.16. The SMILES string of the molecule is CC(=O)c1ccc(N2CCN(C(=O)NCCOc3cccc(F)c3)CC2)c(F)c1. The minimum atomic E-state index is -0.440. The summed E-state index contributed by atoms with van der Waals surface area (Å²) in [6.07, 6.45) is 0. The van der Waals surface area contributed by atoms with Crippen LogP contribution >= 0.6 is 0 Å². The summed E-state index contributed by atoms with van der Waals surface area (Å²) in [5.41, 5.74) is 0.767. The molecule has 0 aromatic heterocycles. The Bertz CT molecular complexity index is 883. The van der Waals surface area contributed by atoms with Gasteiger partial charge in [0.2, 0.25) is 0 Å². The fraction of sp³-hybridized carbons (Fsp3) is 0.333. The average Bonchev–Trinajstić information content (AvgIpc) is 2.71. The zero-order valence-electron chi connectivity index (χ0n) is 16.2. The summed E-state index contributed by atoms with van der Waals surface area (Å²) in [5.74, 6) is -0.592. The lowest BCUT2D eigenvalue weighted by Gasteiger charge is -2.36. The van der Waals surface area contributed by atoms with Gasteiger partial charge in [-0.15, -0.1) is 0 Å². The Morgan fingerprint density at radius 3 is 2.48 bits per heavy atom. The van der Waals surface area contributed by atoms with E-state index in [-0.39, 0.29) is 30.8 Å². The number of hydrogen-bond donors (Lipinski definition) is 1. The lowest BCUT2D eigenvalue weighted by molar-refractivity contribution is 0.101. The fourth-order valence-corrected chi connectivity index (χ4v) is 3.13. The highest BCUT2D eigenvalue weighted by molar-refractivity contribution is 5.94. The second-order valence-electron chi connectivity index (χ2n) is 6.73. The Morgan fingerprint density at radius 1 is 1.07 bits per heavy atom. The lowest BCUT2D eigenvalue weighted by atomic mass is 10.1. The van der Waals surface area contributed by atoms with E-state index in [4.69, 9.17) is 4.74 Å². The van der Waals surface area contributed by atoms with Gasteiger partial charge in [-0.1, -0.05) is 6.07 Å². The van der Waals surface area contributed by atoms with Gasteiger partial charge >= 0.3 is 6.03 Å². The number of hydrogen-bond acceptors (Lipinski definition) is 4. The summed E-state index contributed by atoms with van der Waals surface area (Å²) >= 11 is 0. The summed E-state index contributed by atoms with van der Waals surface area (Å²) in [6, 6.07) is 10.0. The number of anilines is 1. The number of piperazine rings is 1. The number of ketones is 1. The molecule has 3 rings (SSSR count). The van der Waals surface area contributed by atoms with Crippen LogP contribution in [-0.4, -0.2) is 56.0 Å². The van der Waals surface area contributed by atoms with E-state index in [1.165, 1.54) is 25.1 Å². The number of carbonyl (C=O) groups is 2. The number of urea groups is 1. The minimum Gasteiger partial charge on any atom is -0.492 e. The molecule has 0 aliphatic carbocycles. The van der Waals surface area contributed by atoms with Crippen LogP contribution in [0, 0.1) is 11.6 Å². The van der Waals surface area contributed by atoms with Gasteiger partial charge in [0.1, 0.15) is 24.0 Å². The van der Waals surface area contributed by atoms with Crippen molar-refractivity contribution in [3.63, 3.8) is 0 Å². The maximum Gasteiger partial charge on any atom is 0.317 e. The Kier molecular flexibility index (Phi) is 6.64. The second-order valence-corrected chi connectivity index (χ2v) is 6.73. The van der Waals surface area contributed by atoms with Gasteiger partial charge < -0.3 is 19.9 Å². The Balaban J connectivity index is 1.43. The summed E-state index contributed by atoms with van der Waals surface area (Å²) < 4.78 is 32.8. The van der Waals surface area contributed by atoms with Crippen LogP contribution in [0.1, 0.15) is 17.3 Å². The molecule has 0 spiro atoms. The van der Waals surface area contributed by atoms with Gasteiger partial charge in [-0.2, -0.15) is 0 Å². The number of halogens is 2. The highest BCUT2D eigenvalue weighted by Gasteiger charge is 2.23. The number of rotatable bonds is 6. The van der Waals surface area contributed by atoms with Crippen LogP contribution in [0.25, 0.3) is 0 Å². The van der Waals surface area contributed by atoms with Gasteiger partial charge in [-0.25, -0.2) is 13.6 Å². The quantitative estimate of drug-likeness (QED) is 0.595. The van der Waals surface area contributed by atoms with Gasteiger partial charge in [0, 0.05) is 37.8 Å². The first kappa shape index (κ1) is 20.6. The molecular weight excluding hydrogens is 380 g/mol. The maximum atomic E-state index is 14.3. The van der Waals surface area contributed by atoms with Crippen molar-refractivity contribution in [3.05, 3.63) is 59.7 Å². The predicted octanol–water partition coefficient (Wildman–Crippen LogP) is 3.08. The monoisotopic (exact) mass is 403 g/mol. The van der Waals surface area contributed by atoms with Crippen molar-refractivity contribution in [1.29, 1.82) is 0 Å². The first-order valence-electron chi connectivity index (χ1n) is 9.40. The molecule has 1 fully saturated rings. The van der Waals surface area contributed by atoms with Gasteiger partial charge in [0.05, 0.1) is 12.2 Å². The summed E-state index contributed by atoms with van der Waals surface area (Å²) in [6.45, 7) is 3.79. The molecule has 1 aliphatic rings. The molecule has 29 heavy (non-hydrogen) atoms. The van der Waals surface area contributed by atoms with Gasteiger partial charge in [-0.05, 0) is 37.3 Å². The van der Waals surface area contributed by atoms with Crippen molar-refractivity contribution in [2.24, 2.45) is 0 Å². The Morgan fingerprint density at radius 2 is 1.83 bits per heavy atom. The number of ether oxygens (including phenoxy) is 1. The number of carbonyl (C=O) groups excluding carboxylic acids is 2. The van der Waals surface area contributed by atoms with E-state index in [0.717, 1.165) is 0 Å². The van der Waals surface area contributed by atoms with Crippen molar-refractivity contribution in [1.82, 2.24) is 10.2 Å². The number of nitrogens with one attached hydrogen (secondary N) is 1. The van der Waals surface area contributed by atoms with E-state index in [0.29, 0.717) is 43.2 Å². The molecule has 0 radical (unpaired) electrons. The molecule has 1 N–H and O–H groups in total. The largest absolute Gasteiger partial charge is 0.492 e. The smallest absolute Gasteiger partial charge is 0.317 e. The summed E-state index contributed by atoms with van der Waals surface area (Å²) in [5, 5.41) is 2.76. The third-order valence-electron chi connectivity index (χ3n) is 4.70. The normalized spacial score (nSPS) is 13.9. The topological polar surface area (TPSA) is 61.9 Å². The number of benzene rings is 2. The average molecular weight is 403 g/mol. The van der Waals surface area contributed by atoms with Crippen LogP contribution in [0.3, 0.4) is 0 Å². The van der Waals surface area contributed by atoms with E-state index in [9.17, 15) is 18.4 Å². The van der Waals surface area contributed by atoms with Crippen molar-refractivity contribution >= 4 is 17.5 Å². The van der Waals surface area contributed by atoms with Crippen LogP contribution in [-0.2, 0) is 0 Å². The molecule has 1 saturated heterocycles. The molecule has 154 valence electrons. The highest BCUT2D eigenvalue weighted by atomic mass is 19.1. The van der Waals surface area contributed by atoms with Crippen LogP contribution in [0.2, 0.25) is 0 Å². The highest BCUT2D eigenvalue weighted by Crippen LogP contribution is 2.22. The van der Waals surface area contributed by atoms with Gasteiger partial charge in [-0.3, -0.25) is 4.79 Å². The van der Waals surface area contributed by atoms with Crippen LogP contribution in [0.5, 0.6) is 5.75 Å². The summed E-state index contributed by atoms with van der Waals surface area (Å²) in [4.78, 5) is 27.1. The molecule has 0 atom stereocenters. The van der Waals surface area contributed by atoms with E-state index in [1.54, 1.807) is 29.2 Å². The summed E-state index contributed by atoms with van der Waals surface area (Å²) in [7, 11) is 0. The van der Waals surface area contributed by atoms with Crippen molar-refractivity contribution < 1.29 is 23.1 Å². The van der Waals surface area contributed by atoms with Crippen LogP contribution in [0.4, 0.5) is 19.3 Å². The molecule has 0 unspecified atom stereocenters. The zero-order valence-corrected chi connectivity index (χ0v) is 16.2. The number of amides is 2. The molecule has 8 heteroatoms. The molecule has 6 nitrogen and oxygen atoms in total. The first-order chi connectivity index (χ1) is 13.9. The fourth-order valence-electron chi connectivity index (χ4n) is 3.13. The molecule has 2 aromatic carbocycles. The van der Waals surface area contributed by atoms with Crippen molar-refractivity contribution in [2.75, 3.05) is 44.2 Å². The molecule has 0 saturated carbocycles. The van der Waals surface area contributed by atoms with E-state index < -0.39 is 5.82 Å². The molecular formula is C21H23F2N3O3. The molecule has 2 amide bonds. The Labute approximate surface area is 168 Å². The second kappa shape index (κ2) is 9.36. The molecule has 1 aliphatic heterocycles. The number of Topliss-reactive ketones (excluding diaryl/α,β-unsaturated/α-hetero) is 1. The molecule has 2 aromatic rings. The van der Waals surface area contributed by atoms with Crippen molar-refractivity contribution in [2.45, 2.75) is 6.92 Å². The number of nitrogens with zero attached hydrogens (tertiary/aromatic N) is 2. The lowest BCUT2D eigenvalue weighted by Crippen LogP contribution is -2.52. The zero-order chi connectivity index (χ0) is 20.8. The molecule has 0 bridgehead atoms. The van der Waals surface area contributed by atoms with E-state index >= 15 is 0 Å². The van der Waals surface area contributed by atoms with Crippen LogP contribution in [0.15, 0.2) is 42.5 Å². The van der Waals surface area contributed by atoms with E-state index in [2.05, 4.69) is 5.32 Å².